The Kier molecular flexibility index (Phi) is 3.88. The zero-order valence-electron chi connectivity index (χ0n) is 11.8. The highest BCUT2D eigenvalue weighted by Crippen LogP contribution is 2.18. The molecule has 0 saturated heterocycles. The van der Waals surface area contributed by atoms with Crippen molar-refractivity contribution >= 4 is 5.97 Å². The molecule has 0 spiro atoms. The SMILES string of the molecule is CCc1c(C)nn(Cc2cc(F)ccc2C(=O)O)c1C. The van der Waals surface area contributed by atoms with Gasteiger partial charge in [0.15, 0.2) is 0 Å². The summed E-state index contributed by atoms with van der Waals surface area (Å²) in [6.07, 6.45) is 0.868. The Morgan fingerprint density at radius 2 is 2.10 bits per heavy atom. The van der Waals surface area contributed by atoms with Gasteiger partial charge in [-0.3, -0.25) is 4.68 Å². The molecular formula is C15H17FN2O2. The van der Waals surface area contributed by atoms with E-state index in [0.29, 0.717) is 5.56 Å². The standard InChI is InChI=1S/C15H17FN2O2/c1-4-13-9(2)17-18(10(13)3)8-11-7-12(16)5-6-14(11)15(19)20/h5-7H,4,8H2,1-3H3,(H,19,20). The summed E-state index contributed by atoms with van der Waals surface area (Å²) >= 11 is 0. The Balaban J connectivity index is 2.44. The smallest absolute Gasteiger partial charge is 0.336 e. The summed E-state index contributed by atoms with van der Waals surface area (Å²) < 4.78 is 15.1. The van der Waals surface area contributed by atoms with Crippen LogP contribution in [0.15, 0.2) is 18.2 Å². The lowest BCUT2D eigenvalue weighted by Crippen LogP contribution is -2.10. The van der Waals surface area contributed by atoms with Gasteiger partial charge in [-0.2, -0.15) is 5.10 Å². The molecule has 106 valence electrons. The second-order valence-corrected chi connectivity index (χ2v) is 4.77. The fraction of sp³-hybridized carbons (Fsp3) is 0.333. The van der Waals surface area contributed by atoms with Gasteiger partial charge in [0.25, 0.3) is 0 Å². The average molecular weight is 276 g/mol. The molecule has 2 rings (SSSR count). The topological polar surface area (TPSA) is 55.1 Å². The van der Waals surface area contributed by atoms with Crippen LogP contribution in [0, 0.1) is 19.7 Å². The van der Waals surface area contributed by atoms with Gasteiger partial charge in [0.05, 0.1) is 17.8 Å². The molecular weight excluding hydrogens is 259 g/mol. The van der Waals surface area contributed by atoms with E-state index in [4.69, 9.17) is 5.11 Å². The Morgan fingerprint density at radius 1 is 1.40 bits per heavy atom. The fourth-order valence-corrected chi connectivity index (χ4v) is 2.46. The Hall–Kier alpha value is -2.17. The van der Waals surface area contributed by atoms with Crippen molar-refractivity contribution in [3.63, 3.8) is 0 Å². The third-order valence-corrected chi connectivity index (χ3v) is 3.50. The highest BCUT2D eigenvalue weighted by atomic mass is 19.1. The summed E-state index contributed by atoms with van der Waals surface area (Å²) in [5, 5.41) is 13.6. The van der Waals surface area contributed by atoms with Crippen LogP contribution in [-0.4, -0.2) is 20.9 Å². The number of aromatic nitrogens is 2. The van der Waals surface area contributed by atoms with Crippen molar-refractivity contribution in [1.29, 1.82) is 0 Å². The van der Waals surface area contributed by atoms with Crippen LogP contribution < -0.4 is 0 Å². The monoisotopic (exact) mass is 276 g/mol. The normalized spacial score (nSPS) is 10.8. The molecule has 1 heterocycles. The molecule has 0 fully saturated rings. The molecule has 1 N–H and O–H groups in total. The lowest BCUT2D eigenvalue weighted by molar-refractivity contribution is 0.0695. The van der Waals surface area contributed by atoms with Crippen LogP contribution in [0.4, 0.5) is 4.39 Å². The number of carboxylic acids is 1. The highest BCUT2D eigenvalue weighted by Gasteiger charge is 2.15. The maximum atomic E-state index is 13.3. The van der Waals surface area contributed by atoms with Crippen molar-refractivity contribution < 1.29 is 14.3 Å². The average Bonchev–Trinajstić information content (AvgIpc) is 2.63. The summed E-state index contributed by atoms with van der Waals surface area (Å²) in [6, 6.07) is 3.70. The third-order valence-electron chi connectivity index (χ3n) is 3.50. The summed E-state index contributed by atoms with van der Waals surface area (Å²) in [5.41, 5.74) is 3.60. The van der Waals surface area contributed by atoms with E-state index in [1.54, 1.807) is 4.68 Å². The van der Waals surface area contributed by atoms with E-state index in [1.165, 1.54) is 12.1 Å². The van der Waals surface area contributed by atoms with Crippen LogP contribution >= 0.6 is 0 Å². The van der Waals surface area contributed by atoms with Crippen molar-refractivity contribution in [1.82, 2.24) is 9.78 Å². The molecule has 1 aromatic heterocycles. The molecule has 2 aromatic rings. The van der Waals surface area contributed by atoms with Crippen LogP contribution in [0.5, 0.6) is 0 Å². The first-order valence-corrected chi connectivity index (χ1v) is 6.48. The van der Waals surface area contributed by atoms with Crippen molar-refractivity contribution in [3.8, 4) is 0 Å². The van der Waals surface area contributed by atoms with E-state index in [9.17, 15) is 9.18 Å². The Bertz CT molecular complexity index is 662. The van der Waals surface area contributed by atoms with Gasteiger partial charge in [-0.1, -0.05) is 6.92 Å². The number of hydrogen-bond donors (Lipinski definition) is 1. The lowest BCUT2D eigenvalue weighted by atomic mass is 10.1. The number of carboxylic acid groups (broad SMARTS) is 1. The Labute approximate surface area is 116 Å². The van der Waals surface area contributed by atoms with Gasteiger partial charge in [0, 0.05) is 5.69 Å². The number of rotatable bonds is 4. The summed E-state index contributed by atoms with van der Waals surface area (Å²) in [6.45, 7) is 6.17. The fourth-order valence-electron chi connectivity index (χ4n) is 2.46. The third kappa shape index (κ3) is 2.57. The molecule has 0 amide bonds. The van der Waals surface area contributed by atoms with E-state index in [2.05, 4.69) is 5.10 Å². The molecule has 0 aliphatic carbocycles. The highest BCUT2D eigenvalue weighted by molar-refractivity contribution is 5.89. The molecule has 0 aliphatic rings. The minimum atomic E-state index is -1.06. The second-order valence-electron chi connectivity index (χ2n) is 4.77. The van der Waals surface area contributed by atoms with Gasteiger partial charge < -0.3 is 5.11 Å². The van der Waals surface area contributed by atoms with Crippen LogP contribution in [0.3, 0.4) is 0 Å². The number of benzene rings is 1. The molecule has 5 heteroatoms. The maximum Gasteiger partial charge on any atom is 0.336 e. The second kappa shape index (κ2) is 5.45. The summed E-state index contributed by atoms with van der Waals surface area (Å²) in [7, 11) is 0. The van der Waals surface area contributed by atoms with Crippen LogP contribution in [-0.2, 0) is 13.0 Å². The first kappa shape index (κ1) is 14.2. The molecule has 4 nitrogen and oxygen atoms in total. The minimum Gasteiger partial charge on any atom is -0.478 e. The molecule has 0 unspecified atom stereocenters. The van der Waals surface area contributed by atoms with E-state index in [1.807, 2.05) is 20.8 Å². The predicted octanol–water partition coefficient (Wildman–Crippen LogP) is 2.95. The number of aryl methyl sites for hydroxylation is 1. The molecule has 0 radical (unpaired) electrons. The van der Waals surface area contributed by atoms with Crippen LogP contribution in [0.25, 0.3) is 0 Å². The molecule has 0 atom stereocenters. The zero-order chi connectivity index (χ0) is 14.9. The van der Waals surface area contributed by atoms with Crippen molar-refractivity contribution in [2.75, 3.05) is 0 Å². The van der Waals surface area contributed by atoms with Gasteiger partial charge in [-0.05, 0) is 49.6 Å². The molecule has 1 aromatic carbocycles. The molecule has 20 heavy (non-hydrogen) atoms. The predicted molar refractivity (Wildman–Crippen MR) is 73.5 cm³/mol. The van der Waals surface area contributed by atoms with E-state index < -0.39 is 11.8 Å². The summed E-state index contributed by atoms with van der Waals surface area (Å²) in [5.74, 6) is -1.50. The number of nitrogens with zero attached hydrogens (tertiary/aromatic N) is 2. The molecule has 0 bridgehead atoms. The van der Waals surface area contributed by atoms with Gasteiger partial charge >= 0.3 is 5.97 Å². The quantitative estimate of drug-likeness (QED) is 0.934. The van der Waals surface area contributed by atoms with Crippen molar-refractivity contribution in [2.45, 2.75) is 33.7 Å². The van der Waals surface area contributed by atoms with E-state index in [0.717, 1.165) is 29.4 Å². The number of carbonyl (C=O) groups is 1. The van der Waals surface area contributed by atoms with Crippen LogP contribution in [0.2, 0.25) is 0 Å². The number of aromatic carboxylic acids is 1. The number of hydrogen-bond acceptors (Lipinski definition) is 2. The van der Waals surface area contributed by atoms with E-state index >= 15 is 0 Å². The van der Waals surface area contributed by atoms with Gasteiger partial charge in [0.1, 0.15) is 5.82 Å². The van der Waals surface area contributed by atoms with Gasteiger partial charge in [-0.15, -0.1) is 0 Å². The zero-order valence-corrected chi connectivity index (χ0v) is 11.8. The molecule has 0 aliphatic heterocycles. The van der Waals surface area contributed by atoms with Gasteiger partial charge in [0.2, 0.25) is 0 Å². The largest absolute Gasteiger partial charge is 0.478 e. The maximum absolute atomic E-state index is 13.3. The lowest BCUT2D eigenvalue weighted by Gasteiger charge is -2.08. The Morgan fingerprint density at radius 3 is 2.65 bits per heavy atom. The molecule has 0 saturated carbocycles. The number of halogens is 1. The first-order chi connectivity index (χ1) is 9.43. The van der Waals surface area contributed by atoms with Crippen molar-refractivity contribution in [2.24, 2.45) is 0 Å². The van der Waals surface area contributed by atoms with Crippen molar-refractivity contribution in [3.05, 3.63) is 52.1 Å². The van der Waals surface area contributed by atoms with Crippen LogP contribution in [0.1, 0.15) is 39.8 Å². The summed E-state index contributed by atoms with van der Waals surface area (Å²) in [4.78, 5) is 11.2. The first-order valence-electron chi connectivity index (χ1n) is 6.48. The minimum absolute atomic E-state index is 0.108. The van der Waals surface area contributed by atoms with Gasteiger partial charge in [-0.25, -0.2) is 9.18 Å². The van der Waals surface area contributed by atoms with E-state index in [-0.39, 0.29) is 12.1 Å².